The number of halogens is 1. The molecular weight excluding hydrogens is 223 g/mol. The lowest BCUT2D eigenvalue weighted by Gasteiger charge is -2.31. The van der Waals surface area contributed by atoms with Gasteiger partial charge in [-0.05, 0) is 25.0 Å². The molecule has 3 rings (SSSR count). The fraction of sp³-hybridized carbons (Fsp3) is 0.308. The largest absolute Gasteiger partial charge is 0.481 e. The summed E-state index contributed by atoms with van der Waals surface area (Å²) in [4.78, 5) is 10.9. The number of hydrogen-bond acceptors (Lipinski definition) is 2. The van der Waals surface area contributed by atoms with Gasteiger partial charge in [-0.25, -0.2) is 4.39 Å². The lowest BCUT2D eigenvalue weighted by molar-refractivity contribution is -0.145. The van der Waals surface area contributed by atoms with Gasteiger partial charge in [0.05, 0.1) is 5.92 Å². The number of para-hydroxylation sites is 1. The summed E-state index contributed by atoms with van der Waals surface area (Å²) in [6, 6.07) is 6.47. The Kier molecular flexibility index (Phi) is 2.18. The van der Waals surface area contributed by atoms with E-state index < -0.39 is 17.7 Å². The van der Waals surface area contributed by atoms with Gasteiger partial charge < -0.3 is 9.52 Å². The first kappa shape index (κ1) is 10.3. The van der Waals surface area contributed by atoms with E-state index in [4.69, 9.17) is 9.52 Å². The number of furan rings is 1. The molecule has 1 fully saturated rings. The molecule has 2 unspecified atom stereocenters. The van der Waals surface area contributed by atoms with Crippen molar-refractivity contribution in [3.8, 4) is 0 Å². The van der Waals surface area contributed by atoms with Crippen LogP contribution in [0.25, 0.3) is 11.0 Å². The van der Waals surface area contributed by atoms with Crippen molar-refractivity contribution in [3.05, 3.63) is 35.8 Å². The molecule has 0 spiro atoms. The van der Waals surface area contributed by atoms with Crippen molar-refractivity contribution in [2.75, 3.05) is 0 Å². The van der Waals surface area contributed by atoms with Crippen LogP contribution in [-0.2, 0) is 4.79 Å². The van der Waals surface area contributed by atoms with Crippen LogP contribution in [0.5, 0.6) is 0 Å². The lowest BCUT2D eigenvalue weighted by atomic mass is 9.72. The number of aliphatic carboxylic acids is 1. The highest BCUT2D eigenvalue weighted by molar-refractivity contribution is 5.79. The smallest absolute Gasteiger partial charge is 0.307 e. The minimum Gasteiger partial charge on any atom is -0.481 e. The van der Waals surface area contributed by atoms with Crippen LogP contribution in [0, 0.1) is 11.7 Å². The van der Waals surface area contributed by atoms with Crippen molar-refractivity contribution < 1.29 is 18.7 Å². The van der Waals surface area contributed by atoms with Gasteiger partial charge >= 0.3 is 5.97 Å². The van der Waals surface area contributed by atoms with Crippen molar-refractivity contribution in [3.63, 3.8) is 0 Å². The van der Waals surface area contributed by atoms with Crippen molar-refractivity contribution in [2.24, 2.45) is 5.92 Å². The molecule has 1 heterocycles. The van der Waals surface area contributed by atoms with Gasteiger partial charge in [0.15, 0.2) is 11.4 Å². The molecule has 1 aliphatic rings. The quantitative estimate of drug-likeness (QED) is 0.868. The van der Waals surface area contributed by atoms with E-state index in [0.29, 0.717) is 17.6 Å². The van der Waals surface area contributed by atoms with Crippen molar-refractivity contribution in [2.45, 2.75) is 18.8 Å². The molecular formula is C13H11FO3. The maximum absolute atomic E-state index is 13.4. The van der Waals surface area contributed by atoms with Gasteiger partial charge in [0.1, 0.15) is 5.76 Å². The van der Waals surface area contributed by atoms with E-state index in [0.717, 1.165) is 6.42 Å². The van der Waals surface area contributed by atoms with Gasteiger partial charge in [-0.15, -0.1) is 0 Å². The van der Waals surface area contributed by atoms with Crippen LogP contribution < -0.4 is 0 Å². The van der Waals surface area contributed by atoms with Gasteiger partial charge in [-0.2, -0.15) is 0 Å². The van der Waals surface area contributed by atoms with E-state index >= 15 is 0 Å². The Morgan fingerprint density at radius 1 is 1.41 bits per heavy atom. The summed E-state index contributed by atoms with van der Waals surface area (Å²) in [6.07, 6.45) is 1.46. The SMILES string of the molecule is O=C(O)C1CCC1c1cc2cccc(F)c2o1. The Morgan fingerprint density at radius 3 is 2.82 bits per heavy atom. The first-order valence-corrected chi connectivity index (χ1v) is 5.57. The van der Waals surface area contributed by atoms with Crippen LogP contribution in [0.15, 0.2) is 28.7 Å². The van der Waals surface area contributed by atoms with E-state index in [2.05, 4.69) is 0 Å². The fourth-order valence-corrected chi connectivity index (χ4v) is 2.37. The summed E-state index contributed by atoms with van der Waals surface area (Å²) in [5, 5.41) is 9.67. The second-order valence-corrected chi connectivity index (χ2v) is 4.44. The molecule has 0 saturated heterocycles. The van der Waals surface area contributed by atoms with E-state index in [1.165, 1.54) is 6.07 Å². The molecule has 88 valence electrons. The minimum atomic E-state index is -0.804. The van der Waals surface area contributed by atoms with Crippen molar-refractivity contribution in [1.29, 1.82) is 0 Å². The molecule has 1 aliphatic carbocycles. The summed E-state index contributed by atoms with van der Waals surface area (Å²) in [5.74, 6) is -1.12. The van der Waals surface area contributed by atoms with Crippen LogP contribution in [0.4, 0.5) is 4.39 Å². The van der Waals surface area contributed by atoms with Crippen LogP contribution in [0.3, 0.4) is 0 Å². The van der Waals surface area contributed by atoms with Gasteiger partial charge in [-0.1, -0.05) is 12.1 Å². The molecule has 3 nitrogen and oxygen atoms in total. The zero-order valence-electron chi connectivity index (χ0n) is 9.02. The van der Waals surface area contributed by atoms with E-state index in [9.17, 15) is 9.18 Å². The van der Waals surface area contributed by atoms with Gasteiger partial charge in [0.25, 0.3) is 0 Å². The number of rotatable bonds is 2. The maximum atomic E-state index is 13.4. The zero-order valence-corrected chi connectivity index (χ0v) is 9.02. The van der Waals surface area contributed by atoms with Crippen LogP contribution in [0.2, 0.25) is 0 Å². The molecule has 2 aromatic rings. The van der Waals surface area contributed by atoms with Crippen LogP contribution in [-0.4, -0.2) is 11.1 Å². The first-order valence-electron chi connectivity index (χ1n) is 5.57. The Hall–Kier alpha value is -1.84. The first-order chi connectivity index (χ1) is 8.16. The van der Waals surface area contributed by atoms with Gasteiger partial charge in [0.2, 0.25) is 0 Å². The summed E-state index contributed by atoms with van der Waals surface area (Å²) in [5.41, 5.74) is 0.221. The Morgan fingerprint density at radius 2 is 2.24 bits per heavy atom. The van der Waals surface area contributed by atoms with E-state index in [1.807, 2.05) is 0 Å². The molecule has 0 amide bonds. The second-order valence-electron chi connectivity index (χ2n) is 4.44. The Labute approximate surface area is 96.8 Å². The molecule has 0 aliphatic heterocycles. The molecule has 1 N–H and O–H groups in total. The van der Waals surface area contributed by atoms with Gasteiger partial charge in [-0.3, -0.25) is 4.79 Å². The summed E-state index contributed by atoms with van der Waals surface area (Å²) >= 11 is 0. The standard InChI is InChI=1S/C13H11FO3/c14-10-3-1-2-7-6-11(17-12(7)10)8-4-5-9(8)13(15)16/h1-3,6,8-9H,4-5H2,(H,15,16). The third-order valence-electron chi connectivity index (χ3n) is 3.47. The summed E-state index contributed by atoms with van der Waals surface area (Å²) in [6.45, 7) is 0. The van der Waals surface area contributed by atoms with Crippen molar-refractivity contribution >= 4 is 16.9 Å². The highest BCUT2D eigenvalue weighted by Gasteiger charge is 2.39. The third kappa shape index (κ3) is 1.52. The normalized spacial score (nSPS) is 23.6. The third-order valence-corrected chi connectivity index (χ3v) is 3.47. The molecule has 0 radical (unpaired) electrons. The topological polar surface area (TPSA) is 50.4 Å². The van der Waals surface area contributed by atoms with Gasteiger partial charge in [0, 0.05) is 11.3 Å². The molecule has 17 heavy (non-hydrogen) atoms. The summed E-state index contributed by atoms with van der Waals surface area (Å²) in [7, 11) is 0. The van der Waals surface area contributed by atoms with Crippen LogP contribution in [0.1, 0.15) is 24.5 Å². The number of hydrogen-bond donors (Lipinski definition) is 1. The maximum Gasteiger partial charge on any atom is 0.307 e. The summed E-state index contributed by atoms with van der Waals surface area (Å²) < 4.78 is 18.9. The van der Waals surface area contributed by atoms with Crippen molar-refractivity contribution in [1.82, 2.24) is 0 Å². The minimum absolute atomic E-state index is 0.112. The Bertz CT molecular complexity index is 587. The Balaban J connectivity index is 2.02. The highest BCUT2D eigenvalue weighted by Crippen LogP contribution is 2.44. The number of carbonyl (C=O) groups is 1. The molecule has 0 bridgehead atoms. The molecule has 1 saturated carbocycles. The average molecular weight is 234 g/mol. The number of carboxylic acids is 1. The lowest BCUT2D eigenvalue weighted by Crippen LogP contribution is -2.30. The molecule has 2 atom stereocenters. The average Bonchev–Trinajstić information content (AvgIpc) is 2.59. The monoisotopic (exact) mass is 234 g/mol. The van der Waals surface area contributed by atoms with Crippen LogP contribution >= 0.6 is 0 Å². The van der Waals surface area contributed by atoms with E-state index in [1.54, 1.807) is 18.2 Å². The molecule has 4 heteroatoms. The van der Waals surface area contributed by atoms with E-state index in [-0.39, 0.29) is 11.5 Å². The number of benzene rings is 1. The predicted molar refractivity (Wildman–Crippen MR) is 59.3 cm³/mol. The molecule has 1 aromatic carbocycles. The number of carboxylic acid groups (broad SMARTS) is 1. The predicted octanol–water partition coefficient (Wildman–Crippen LogP) is 3.15. The fourth-order valence-electron chi connectivity index (χ4n) is 2.37. The molecule has 1 aromatic heterocycles. The zero-order chi connectivity index (χ0) is 12.0. The highest BCUT2D eigenvalue weighted by atomic mass is 19.1. The number of fused-ring (bicyclic) bond motifs is 1. The second kappa shape index (κ2) is 3.58.